The van der Waals surface area contributed by atoms with E-state index < -0.39 is 0 Å². The number of nitrogens with one attached hydrogen (secondary N) is 1. The Morgan fingerprint density at radius 1 is 1.29 bits per heavy atom. The van der Waals surface area contributed by atoms with Crippen molar-refractivity contribution < 1.29 is 14.3 Å². The number of nitrogens with zero attached hydrogens (tertiary/aromatic N) is 3. The van der Waals surface area contributed by atoms with Crippen LogP contribution in [0.25, 0.3) is 0 Å². The van der Waals surface area contributed by atoms with Gasteiger partial charge in [0.15, 0.2) is 5.69 Å². The van der Waals surface area contributed by atoms with Crippen LogP contribution in [0.2, 0.25) is 5.02 Å². The molecule has 0 aromatic carbocycles. The summed E-state index contributed by atoms with van der Waals surface area (Å²) < 4.78 is 12.4. The lowest BCUT2D eigenvalue weighted by molar-refractivity contribution is 0.0383. The summed E-state index contributed by atoms with van der Waals surface area (Å²) in [5, 5.41) is 7.39. The largest absolute Gasteiger partial charge is 0.477 e. The van der Waals surface area contributed by atoms with Gasteiger partial charge < -0.3 is 14.8 Å². The van der Waals surface area contributed by atoms with Crippen molar-refractivity contribution in [1.82, 2.24) is 20.0 Å². The molecule has 0 atom stereocenters. The van der Waals surface area contributed by atoms with Gasteiger partial charge in [0.1, 0.15) is 5.02 Å². The molecule has 1 N–H and O–H groups in total. The zero-order valence-corrected chi connectivity index (χ0v) is 12.6. The number of hydrogen-bond acceptors (Lipinski definition) is 5. The molecule has 8 heteroatoms. The molecule has 2 aliphatic heterocycles. The first-order valence-corrected chi connectivity index (χ1v) is 7.61. The van der Waals surface area contributed by atoms with Gasteiger partial charge in [0.25, 0.3) is 5.91 Å². The number of aromatic nitrogens is 2. The van der Waals surface area contributed by atoms with Crippen molar-refractivity contribution >= 4 is 17.5 Å². The van der Waals surface area contributed by atoms with Crippen molar-refractivity contribution in [2.45, 2.75) is 13.0 Å². The Bertz CT molecular complexity index is 514. The Labute approximate surface area is 128 Å². The molecular weight excluding hydrogens is 296 g/mol. The SMILES string of the molecule is O=C(NCCN1CCOCC1)c1nn2c(c1Cl)OCCC2. The number of carbonyl (C=O) groups is 1. The van der Waals surface area contributed by atoms with Crippen molar-refractivity contribution in [1.29, 1.82) is 0 Å². The lowest BCUT2D eigenvalue weighted by Crippen LogP contribution is -2.41. The molecule has 3 rings (SSSR count). The lowest BCUT2D eigenvalue weighted by Gasteiger charge is -2.26. The van der Waals surface area contributed by atoms with Crippen LogP contribution in [-0.2, 0) is 11.3 Å². The van der Waals surface area contributed by atoms with Crippen molar-refractivity contribution in [3.8, 4) is 5.88 Å². The monoisotopic (exact) mass is 314 g/mol. The Balaban J connectivity index is 1.54. The van der Waals surface area contributed by atoms with Crippen LogP contribution in [0.15, 0.2) is 0 Å². The third kappa shape index (κ3) is 3.30. The summed E-state index contributed by atoms with van der Waals surface area (Å²) >= 11 is 6.17. The molecule has 0 saturated carbocycles. The highest BCUT2D eigenvalue weighted by molar-refractivity contribution is 6.34. The first-order chi connectivity index (χ1) is 10.3. The lowest BCUT2D eigenvalue weighted by atomic mass is 10.3. The van der Waals surface area contributed by atoms with Crippen LogP contribution in [0.3, 0.4) is 0 Å². The van der Waals surface area contributed by atoms with Crippen molar-refractivity contribution in [2.75, 3.05) is 46.0 Å². The van der Waals surface area contributed by atoms with E-state index in [1.165, 1.54) is 0 Å². The van der Waals surface area contributed by atoms with Crippen molar-refractivity contribution in [3.05, 3.63) is 10.7 Å². The highest BCUT2D eigenvalue weighted by atomic mass is 35.5. The van der Waals surface area contributed by atoms with Crippen molar-refractivity contribution in [2.24, 2.45) is 0 Å². The van der Waals surface area contributed by atoms with E-state index in [4.69, 9.17) is 21.1 Å². The minimum atomic E-state index is -0.251. The second kappa shape index (κ2) is 6.64. The second-order valence-corrected chi connectivity index (χ2v) is 5.48. The van der Waals surface area contributed by atoms with E-state index in [0.29, 0.717) is 24.1 Å². The maximum absolute atomic E-state index is 12.2. The molecule has 0 spiro atoms. The molecule has 116 valence electrons. The minimum absolute atomic E-state index is 0.246. The zero-order valence-electron chi connectivity index (χ0n) is 11.8. The van der Waals surface area contributed by atoms with E-state index in [1.807, 2.05) is 0 Å². The van der Waals surface area contributed by atoms with Crippen molar-refractivity contribution in [3.63, 3.8) is 0 Å². The van der Waals surface area contributed by atoms with Crippen LogP contribution in [0, 0.1) is 0 Å². The van der Waals surface area contributed by atoms with Crippen LogP contribution >= 0.6 is 11.6 Å². The van der Waals surface area contributed by atoms with E-state index in [9.17, 15) is 4.79 Å². The number of ether oxygens (including phenoxy) is 2. The van der Waals surface area contributed by atoms with Gasteiger partial charge in [-0.1, -0.05) is 11.6 Å². The topological polar surface area (TPSA) is 68.6 Å². The summed E-state index contributed by atoms with van der Waals surface area (Å²) in [6.07, 6.45) is 0.878. The fourth-order valence-corrected chi connectivity index (χ4v) is 2.75. The fourth-order valence-electron chi connectivity index (χ4n) is 2.48. The maximum atomic E-state index is 12.2. The zero-order chi connectivity index (χ0) is 14.7. The predicted molar refractivity (Wildman–Crippen MR) is 76.9 cm³/mol. The van der Waals surface area contributed by atoms with Gasteiger partial charge in [0.05, 0.1) is 19.8 Å². The van der Waals surface area contributed by atoms with Crippen LogP contribution in [0.5, 0.6) is 5.88 Å². The highest BCUT2D eigenvalue weighted by Crippen LogP contribution is 2.30. The van der Waals surface area contributed by atoms with Gasteiger partial charge in [-0.3, -0.25) is 9.69 Å². The molecule has 0 bridgehead atoms. The highest BCUT2D eigenvalue weighted by Gasteiger charge is 2.24. The fraction of sp³-hybridized carbons (Fsp3) is 0.692. The number of amides is 1. The number of hydrogen-bond donors (Lipinski definition) is 1. The van der Waals surface area contributed by atoms with E-state index in [1.54, 1.807) is 4.68 Å². The van der Waals surface area contributed by atoms with Gasteiger partial charge in [-0.05, 0) is 0 Å². The average Bonchev–Trinajstić information content (AvgIpc) is 2.86. The first kappa shape index (κ1) is 14.6. The Hall–Kier alpha value is -1.31. The number of rotatable bonds is 4. The summed E-state index contributed by atoms with van der Waals surface area (Å²) in [7, 11) is 0. The Kier molecular flexibility index (Phi) is 4.62. The van der Waals surface area contributed by atoms with Crippen LogP contribution in [0.1, 0.15) is 16.9 Å². The first-order valence-electron chi connectivity index (χ1n) is 7.23. The predicted octanol–water partition coefficient (Wildman–Crippen LogP) is 0.381. The molecule has 1 amide bonds. The van der Waals surface area contributed by atoms with Crippen LogP contribution in [-0.4, -0.2) is 66.6 Å². The summed E-state index contributed by atoms with van der Waals surface area (Å²) in [6.45, 7) is 6.04. The summed E-state index contributed by atoms with van der Waals surface area (Å²) in [6, 6.07) is 0. The van der Waals surface area contributed by atoms with Gasteiger partial charge in [0, 0.05) is 39.1 Å². The number of morpholine rings is 1. The Morgan fingerprint density at radius 3 is 2.86 bits per heavy atom. The molecule has 1 saturated heterocycles. The third-order valence-electron chi connectivity index (χ3n) is 3.64. The summed E-state index contributed by atoms with van der Waals surface area (Å²) in [5.41, 5.74) is 0.246. The third-order valence-corrected chi connectivity index (χ3v) is 3.98. The molecule has 0 aliphatic carbocycles. The maximum Gasteiger partial charge on any atom is 0.273 e. The Morgan fingerprint density at radius 2 is 2.10 bits per heavy atom. The standard InChI is InChI=1S/C13H19ClN4O3/c14-10-11(16-18-3-1-7-21-13(10)18)12(19)15-2-4-17-5-8-20-9-6-17/h1-9H2,(H,15,19). The molecule has 0 radical (unpaired) electrons. The molecule has 1 fully saturated rings. The van der Waals surface area contributed by atoms with Gasteiger partial charge in [0.2, 0.25) is 5.88 Å². The van der Waals surface area contributed by atoms with Gasteiger partial charge in [-0.2, -0.15) is 5.10 Å². The van der Waals surface area contributed by atoms with Crippen LogP contribution in [0.4, 0.5) is 0 Å². The van der Waals surface area contributed by atoms with E-state index in [0.717, 1.165) is 45.8 Å². The van der Waals surface area contributed by atoms with E-state index >= 15 is 0 Å². The molecular formula is C13H19ClN4O3. The molecule has 1 aromatic rings. The van der Waals surface area contributed by atoms with Gasteiger partial charge in [-0.25, -0.2) is 4.68 Å². The quantitative estimate of drug-likeness (QED) is 0.870. The van der Waals surface area contributed by atoms with Crippen LogP contribution < -0.4 is 10.1 Å². The van der Waals surface area contributed by atoms with E-state index in [-0.39, 0.29) is 11.6 Å². The molecule has 2 aliphatic rings. The number of halogens is 1. The average molecular weight is 315 g/mol. The molecule has 0 unspecified atom stereocenters. The smallest absolute Gasteiger partial charge is 0.273 e. The number of aryl methyl sites for hydroxylation is 1. The minimum Gasteiger partial charge on any atom is -0.477 e. The summed E-state index contributed by atoms with van der Waals surface area (Å²) in [5.74, 6) is 0.250. The second-order valence-electron chi connectivity index (χ2n) is 5.10. The molecule has 1 aromatic heterocycles. The molecule has 7 nitrogen and oxygen atoms in total. The molecule has 3 heterocycles. The molecule has 21 heavy (non-hydrogen) atoms. The van der Waals surface area contributed by atoms with Gasteiger partial charge in [-0.15, -0.1) is 0 Å². The summed E-state index contributed by atoms with van der Waals surface area (Å²) in [4.78, 5) is 14.4. The number of carbonyl (C=O) groups excluding carboxylic acids is 1. The number of fused-ring (bicyclic) bond motifs is 1. The van der Waals surface area contributed by atoms with Gasteiger partial charge >= 0.3 is 0 Å². The van der Waals surface area contributed by atoms with E-state index in [2.05, 4.69) is 15.3 Å². The normalized spacial score (nSPS) is 18.9.